The number of carbonyl (C=O) groups is 1. The molecule has 6 nitrogen and oxygen atoms in total. The van der Waals surface area contributed by atoms with Crippen molar-refractivity contribution in [2.24, 2.45) is 0 Å². The van der Waals surface area contributed by atoms with Crippen LogP contribution in [-0.4, -0.2) is 26.1 Å². The summed E-state index contributed by atoms with van der Waals surface area (Å²) in [4.78, 5) is 19.2. The van der Waals surface area contributed by atoms with Crippen molar-refractivity contribution in [3.63, 3.8) is 0 Å². The van der Waals surface area contributed by atoms with Crippen molar-refractivity contribution in [1.29, 1.82) is 0 Å². The Hall–Kier alpha value is -3.56. The van der Waals surface area contributed by atoms with Gasteiger partial charge in [-0.25, -0.2) is 9.37 Å². The molecular weight excluding hydrogens is 378 g/mol. The number of halogens is 4. The summed E-state index contributed by atoms with van der Waals surface area (Å²) >= 11 is 0. The van der Waals surface area contributed by atoms with Gasteiger partial charge in [0.2, 0.25) is 11.7 Å². The summed E-state index contributed by atoms with van der Waals surface area (Å²) in [5.41, 5.74) is 1.57. The van der Waals surface area contributed by atoms with Crippen molar-refractivity contribution in [3.05, 3.63) is 66.4 Å². The number of alkyl halides is 3. The van der Waals surface area contributed by atoms with Gasteiger partial charge in [0.05, 0.1) is 5.69 Å². The van der Waals surface area contributed by atoms with Gasteiger partial charge in [-0.1, -0.05) is 6.58 Å². The SMILES string of the molecule is C=CC(=O)NCc1cnc(-c2ccc(F)cc2)cc1-c1n[nH]c(C(F)(F)F)n1. The van der Waals surface area contributed by atoms with Crippen molar-refractivity contribution in [1.82, 2.24) is 25.5 Å². The molecule has 28 heavy (non-hydrogen) atoms. The normalized spacial score (nSPS) is 11.3. The van der Waals surface area contributed by atoms with E-state index < -0.39 is 23.7 Å². The molecule has 0 bridgehead atoms. The van der Waals surface area contributed by atoms with Crippen molar-refractivity contribution >= 4 is 5.91 Å². The number of pyridine rings is 1. The Labute approximate surface area is 156 Å². The Kier molecular flexibility index (Phi) is 5.21. The lowest BCUT2D eigenvalue weighted by molar-refractivity contribution is -0.144. The number of hydrogen-bond acceptors (Lipinski definition) is 4. The van der Waals surface area contributed by atoms with E-state index in [9.17, 15) is 22.4 Å². The fourth-order valence-electron chi connectivity index (χ4n) is 2.37. The highest BCUT2D eigenvalue weighted by Crippen LogP contribution is 2.30. The van der Waals surface area contributed by atoms with E-state index >= 15 is 0 Å². The van der Waals surface area contributed by atoms with Gasteiger partial charge in [-0.15, -0.1) is 0 Å². The second kappa shape index (κ2) is 7.59. The first-order valence-corrected chi connectivity index (χ1v) is 7.93. The zero-order chi connectivity index (χ0) is 20.3. The molecule has 2 aromatic heterocycles. The maximum atomic E-state index is 13.1. The standard InChI is InChI=1S/C18H13F4N5O/c1-2-15(28)24-9-11-8-23-14(10-3-5-12(19)6-4-10)7-13(11)16-25-17(27-26-16)18(20,21)22/h2-8H,1,9H2,(H,24,28)(H,25,26,27). The molecule has 0 atom stereocenters. The quantitative estimate of drug-likeness (QED) is 0.515. The van der Waals surface area contributed by atoms with Crippen LogP contribution in [0.15, 0.2) is 49.2 Å². The highest BCUT2D eigenvalue weighted by atomic mass is 19.4. The average Bonchev–Trinajstić information content (AvgIpc) is 3.17. The molecule has 0 aliphatic heterocycles. The molecule has 0 aliphatic carbocycles. The fourth-order valence-corrected chi connectivity index (χ4v) is 2.37. The Balaban J connectivity index is 2.05. The number of carbonyl (C=O) groups excluding carboxylic acids is 1. The second-order valence-electron chi connectivity index (χ2n) is 5.66. The molecule has 2 heterocycles. The van der Waals surface area contributed by atoms with Gasteiger partial charge in [0.15, 0.2) is 5.82 Å². The lowest BCUT2D eigenvalue weighted by Gasteiger charge is -2.10. The van der Waals surface area contributed by atoms with Crippen LogP contribution >= 0.6 is 0 Å². The molecule has 3 aromatic rings. The summed E-state index contributed by atoms with van der Waals surface area (Å²) < 4.78 is 51.7. The average molecular weight is 391 g/mol. The summed E-state index contributed by atoms with van der Waals surface area (Å²) in [7, 11) is 0. The van der Waals surface area contributed by atoms with Crippen molar-refractivity contribution in [2.75, 3.05) is 0 Å². The molecule has 1 aromatic carbocycles. The first kappa shape index (κ1) is 19.2. The van der Waals surface area contributed by atoms with Crippen LogP contribution in [0.25, 0.3) is 22.6 Å². The van der Waals surface area contributed by atoms with Crippen molar-refractivity contribution in [2.45, 2.75) is 12.7 Å². The minimum Gasteiger partial charge on any atom is -0.348 e. The van der Waals surface area contributed by atoms with E-state index in [4.69, 9.17) is 0 Å². The number of hydrogen-bond donors (Lipinski definition) is 2. The van der Waals surface area contributed by atoms with Crippen LogP contribution in [0.4, 0.5) is 17.6 Å². The van der Waals surface area contributed by atoms with Gasteiger partial charge in [-0.05, 0) is 36.4 Å². The van der Waals surface area contributed by atoms with E-state index in [1.165, 1.54) is 36.5 Å². The van der Waals surface area contributed by atoms with Crippen LogP contribution < -0.4 is 5.32 Å². The molecule has 0 saturated heterocycles. The number of amides is 1. The van der Waals surface area contributed by atoms with Crippen LogP contribution in [0, 0.1) is 5.82 Å². The number of benzene rings is 1. The molecular formula is C18H13F4N5O. The number of H-pyrrole nitrogens is 1. The van der Waals surface area contributed by atoms with E-state index in [1.54, 1.807) is 0 Å². The summed E-state index contributed by atoms with van der Waals surface area (Å²) in [6, 6.07) is 6.93. The smallest absolute Gasteiger partial charge is 0.348 e. The minimum atomic E-state index is -4.69. The molecule has 0 spiro atoms. The predicted molar refractivity (Wildman–Crippen MR) is 92.1 cm³/mol. The Morgan fingerprint density at radius 2 is 1.96 bits per heavy atom. The predicted octanol–water partition coefficient (Wildman–Crippen LogP) is 3.49. The highest BCUT2D eigenvalue weighted by Gasteiger charge is 2.35. The minimum absolute atomic E-state index is 0.0211. The van der Waals surface area contributed by atoms with Crippen LogP contribution in [0.5, 0.6) is 0 Å². The lowest BCUT2D eigenvalue weighted by Crippen LogP contribution is -2.20. The molecule has 144 valence electrons. The van der Waals surface area contributed by atoms with Crippen LogP contribution in [0.3, 0.4) is 0 Å². The topological polar surface area (TPSA) is 83.6 Å². The summed E-state index contributed by atoms with van der Waals surface area (Å²) in [5, 5.41) is 8.02. The van der Waals surface area contributed by atoms with E-state index in [-0.39, 0.29) is 17.9 Å². The molecule has 0 radical (unpaired) electrons. The summed E-state index contributed by atoms with van der Waals surface area (Å²) in [6.45, 7) is 3.31. The van der Waals surface area contributed by atoms with Gasteiger partial charge >= 0.3 is 6.18 Å². The van der Waals surface area contributed by atoms with E-state index in [0.29, 0.717) is 16.8 Å². The number of aromatic amines is 1. The zero-order valence-corrected chi connectivity index (χ0v) is 14.2. The molecule has 0 saturated carbocycles. The number of rotatable bonds is 5. The number of aromatic nitrogens is 4. The molecule has 0 fully saturated rings. The first-order valence-electron chi connectivity index (χ1n) is 7.93. The maximum Gasteiger partial charge on any atom is 0.451 e. The van der Waals surface area contributed by atoms with Crippen LogP contribution in [0.2, 0.25) is 0 Å². The maximum absolute atomic E-state index is 13.1. The lowest BCUT2D eigenvalue weighted by atomic mass is 10.0. The molecule has 3 rings (SSSR count). The summed E-state index contributed by atoms with van der Waals surface area (Å²) in [5.74, 6) is -2.35. The third-order valence-electron chi connectivity index (χ3n) is 3.76. The largest absolute Gasteiger partial charge is 0.451 e. The first-order chi connectivity index (χ1) is 13.3. The van der Waals surface area contributed by atoms with E-state index in [2.05, 4.69) is 27.0 Å². The van der Waals surface area contributed by atoms with Crippen LogP contribution in [-0.2, 0) is 17.5 Å². The van der Waals surface area contributed by atoms with Gasteiger partial charge in [0.25, 0.3) is 0 Å². The molecule has 2 N–H and O–H groups in total. The molecule has 0 unspecified atom stereocenters. The van der Waals surface area contributed by atoms with Gasteiger partial charge in [0, 0.05) is 29.4 Å². The van der Waals surface area contributed by atoms with Gasteiger partial charge in [-0.3, -0.25) is 14.9 Å². The van der Waals surface area contributed by atoms with E-state index in [1.807, 2.05) is 5.10 Å². The third kappa shape index (κ3) is 4.22. The second-order valence-corrected chi connectivity index (χ2v) is 5.66. The van der Waals surface area contributed by atoms with Gasteiger partial charge < -0.3 is 5.32 Å². The number of nitrogens with one attached hydrogen (secondary N) is 2. The van der Waals surface area contributed by atoms with E-state index in [0.717, 1.165) is 6.08 Å². The van der Waals surface area contributed by atoms with Gasteiger partial charge in [0.1, 0.15) is 5.82 Å². The number of nitrogens with zero attached hydrogens (tertiary/aromatic N) is 3. The van der Waals surface area contributed by atoms with Crippen LogP contribution in [0.1, 0.15) is 11.4 Å². The van der Waals surface area contributed by atoms with Crippen molar-refractivity contribution < 1.29 is 22.4 Å². The molecule has 10 heteroatoms. The Morgan fingerprint density at radius 3 is 2.57 bits per heavy atom. The molecule has 0 aliphatic rings. The summed E-state index contributed by atoms with van der Waals surface area (Å²) in [6.07, 6.45) is -2.23. The zero-order valence-electron chi connectivity index (χ0n) is 14.2. The Morgan fingerprint density at radius 1 is 1.25 bits per heavy atom. The van der Waals surface area contributed by atoms with Crippen molar-refractivity contribution in [3.8, 4) is 22.6 Å². The third-order valence-corrected chi connectivity index (χ3v) is 3.76. The molecule has 1 amide bonds. The Bertz CT molecular complexity index is 1010. The monoisotopic (exact) mass is 391 g/mol. The van der Waals surface area contributed by atoms with Gasteiger partial charge in [-0.2, -0.15) is 18.3 Å². The fraction of sp³-hybridized carbons (Fsp3) is 0.111. The highest BCUT2D eigenvalue weighted by molar-refractivity contribution is 5.87.